The number of nitrogens with one attached hydrogen (secondary N) is 8. The van der Waals surface area contributed by atoms with Crippen molar-refractivity contribution in [3.8, 4) is 0 Å². The Kier molecular flexibility index (Phi) is 36.9. The van der Waals surface area contributed by atoms with Crippen molar-refractivity contribution in [2.75, 3.05) is 91.6 Å². The SMILES string of the molecule is CC(C)(C)[Si](F)(c1ccc(C(=O)NCC(NC(=O)CC(C(=O)O)N2CCN(CC(=O)O)CCN(CC(=O)O)CCN(CC(=O)O)CC2)C(=O)N[C@H](CCCCNC(=O)CCC(=O)NCCC[C@@H](NC(=O)CC[C@H](NC(=O)N[C@@H](CCC(=O)O)C(=O)O)C(=O)O)C(=O)O)C(=O)O)cc1)C(C)(C)C. The van der Waals surface area contributed by atoms with Crippen molar-refractivity contribution < 1.29 is 127 Å². The van der Waals surface area contributed by atoms with Gasteiger partial charge in [0.25, 0.3) is 14.3 Å². The number of carboxylic acids is 9. The normalized spacial score (nSPS) is 15.7. The van der Waals surface area contributed by atoms with E-state index in [-0.39, 0.29) is 116 Å². The van der Waals surface area contributed by atoms with Gasteiger partial charge in [0.15, 0.2) is 0 Å². The van der Waals surface area contributed by atoms with Crippen LogP contribution in [0.4, 0.5) is 8.90 Å². The number of carbonyl (C=O) groups is 16. The van der Waals surface area contributed by atoms with Crippen molar-refractivity contribution in [3.05, 3.63) is 29.8 Å². The molecule has 0 aromatic heterocycles. The van der Waals surface area contributed by atoms with E-state index < -0.39 is 208 Å². The van der Waals surface area contributed by atoms with Gasteiger partial charge in [-0.3, -0.25) is 72.3 Å². The largest absolute Gasteiger partial charge is 0.481 e. The predicted octanol–water partition coefficient (Wildman–Crippen LogP) is -2.11. The van der Waals surface area contributed by atoms with Crippen LogP contribution < -0.4 is 47.7 Å². The van der Waals surface area contributed by atoms with E-state index in [4.69, 9.17) is 5.11 Å². The molecule has 2 unspecified atom stereocenters. The zero-order valence-corrected chi connectivity index (χ0v) is 58.4. The fraction of sp³-hybridized carbons (Fsp3) is 0.645. The van der Waals surface area contributed by atoms with Gasteiger partial charge in [-0.25, -0.2) is 24.0 Å². The van der Waals surface area contributed by atoms with E-state index in [1.807, 2.05) is 10.6 Å². The molecule has 101 heavy (non-hydrogen) atoms. The first kappa shape index (κ1) is 87.6. The summed E-state index contributed by atoms with van der Waals surface area (Å²) >= 11 is 0. The van der Waals surface area contributed by atoms with E-state index in [0.29, 0.717) is 5.19 Å². The van der Waals surface area contributed by atoms with Crippen molar-refractivity contribution in [3.63, 3.8) is 0 Å². The van der Waals surface area contributed by atoms with Gasteiger partial charge in [0.2, 0.25) is 29.5 Å². The van der Waals surface area contributed by atoms with E-state index in [0.717, 1.165) is 0 Å². The highest BCUT2D eigenvalue weighted by atomic mass is 28.4. The van der Waals surface area contributed by atoms with Crippen LogP contribution in [-0.2, 0) is 67.1 Å². The first-order chi connectivity index (χ1) is 47.0. The Morgan fingerprint density at radius 3 is 1.24 bits per heavy atom. The minimum absolute atomic E-state index is 0.00678. The summed E-state index contributed by atoms with van der Waals surface area (Å²) in [7, 11) is -3.79. The maximum absolute atomic E-state index is 17.2. The molecule has 6 atom stereocenters. The molecule has 0 aliphatic carbocycles. The van der Waals surface area contributed by atoms with Crippen molar-refractivity contribution >= 4 is 109 Å². The van der Waals surface area contributed by atoms with E-state index in [1.165, 1.54) is 43.9 Å². The molecule has 1 aromatic carbocycles. The number of amides is 8. The maximum Gasteiger partial charge on any atom is 0.326 e. The summed E-state index contributed by atoms with van der Waals surface area (Å²) in [6, 6.07) is -5.63. The molecule has 37 nitrogen and oxygen atoms in total. The summed E-state index contributed by atoms with van der Waals surface area (Å²) in [6.07, 6.45) is -4.22. The van der Waals surface area contributed by atoms with Crippen LogP contribution in [0.1, 0.15) is 129 Å². The molecule has 1 aliphatic rings. The Balaban J connectivity index is 2.17. The second kappa shape index (κ2) is 42.6. The molecule has 0 spiro atoms. The minimum Gasteiger partial charge on any atom is -0.481 e. The molecule has 1 heterocycles. The Bertz CT molecular complexity index is 3030. The van der Waals surface area contributed by atoms with Gasteiger partial charge < -0.3 is 92.6 Å². The molecule has 1 fully saturated rings. The van der Waals surface area contributed by atoms with Gasteiger partial charge in [-0.15, -0.1) is 0 Å². The number of hydrogen-bond donors (Lipinski definition) is 17. The number of nitrogens with zero attached hydrogens (tertiary/aromatic N) is 4. The number of unbranched alkanes of at least 4 members (excludes halogenated alkanes) is 1. The summed E-state index contributed by atoms with van der Waals surface area (Å²) in [5.41, 5.74) is 0.0130. The van der Waals surface area contributed by atoms with Gasteiger partial charge in [0.1, 0.15) is 36.3 Å². The molecule has 8 amide bonds. The first-order valence-electron chi connectivity index (χ1n) is 32.5. The number of hydrogen-bond acceptors (Lipinski definition) is 20. The van der Waals surface area contributed by atoms with Crippen LogP contribution in [0.2, 0.25) is 10.1 Å². The smallest absolute Gasteiger partial charge is 0.326 e. The molecular weight excluding hydrogens is 1360 g/mol. The van der Waals surface area contributed by atoms with Gasteiger partial charge >= 0.3 is 59.8 Å². The number of aliphatic carboxylic acids is 9. The van der Waals surface area contributed by atoms with Crippen LogP contribution >= 0.6 is 0 Å². The maximum atomic E-state index is 17.2. The first-order valence-corrected chi connectivity index (χ1v) is 34.4. The second-order valence-corrected chi connectivity index (χ2v) is 31.1. The molecule has 2 rings (SSSR count). The summed E-state index contributed by atoms with van der Waals surface area (Å²) in [5, 5.41) is 104. The lowest BCUT2D eigenvalue weighted by Crippen LogP contribution is -2.58. The van der Waals surface area contributed by atoms with E-state index in [2.05, 4.69) is 31.9 Å². The Morgan fingerprint density at radius 2 is 0.822 bits per heavy atom. The number of rotatable bonds is 42. The van der Waals surface area contributed by atoms with Crippen molar-refractivity contribution in [2.24, 2.45) is 0 Å². The molecule has 1 saturated heterocycles. The number of urea groups is 1. The second-order valence-electron chi connectivity index (χ2n) is 26.2. The molecule has 0 radical (unpaired) electrons. The minimum atomic E-state index is -3.79. The van der Waals surface area contributed by atoms with Crippen LogP contribution in [-0.4, -0.2) is 297 Å². The molecule has 0 bridgehead atoms. The molecule has 39 heteroatoms. The van der Waals surface area contributed by atoms with Gasteiger partial charge in [0, 0.05) is 103 Å². The topological polar surface area (TPSA) is 564 Å². The molecule has 17 N–H and O–H groups in total. The molecule has 0 saturated carbocycles. The summed E-state index contributed by atoms with van der Waals surface area (Å²) in [4.78, 5) is 205. The monoisotopic (exact) mass is 1460 g/mol. The predicted molar refractivity (Wildman–Crippen MR) is 355 cm³/mol. The molecular formula is C62H97FN12O25Si. The fourth-order valence-corrected chi connectivity index (χ4v) is 15.8. The Labute approximate surface area is 582 Å². The number of halogens is 1. The summed E-state index contributed by atoms with van der Waals surface area (Å²) < 4.78 is 17.2. The number of carbonyl (C=O) groups excluding carboxylic acids is 7. The van der Waals surface area contributed by atoms with Gasteiger partial charge in [0.05, 0.1) is 26.1 Å². The van der Waals surface area contributed by atoms with Crippen LogP contribution in [0.15, 0.2) is 24.3 Å². The van der Waals surface area contributed by atoms with E-state index >= 15 is 4.11 Å². The van der Waals surface area contributed by atoms with Crippen LogP contribution in [0.5, 0.6) is 0 Å². The van der Waals surface area contributed by atoms with Gasteiger partial charge in [-0.2, -0.15) is 0 Å². The number of benzene rings is 1. The van der Waals surface area contributed by atoms with E-state index in [9.17, 15) is 118 Å². The van der Waals surface area contributed by atoms with Gasteiger partial charge in [-0.05, 0) is 72.3 Å². The quantitative estimate of drug-likeness (QED) is 0.0189. The third-order valence-electron chi connectivity index (χ3n) is 16.4. The zero-order valence-electron chi connectivity index (χ0n) is 57.4. The average Bonchev–Trinajstić information content (AvgIpc) is 0.748. The van der Waals surface area contributed by atoms with Crippen LogP contribution in [0.25, 0.3) is 0 Å². The van der Waals surface area contributed by atoms with Crippen molar-refractivity contribution in [2.45, 2.75) is 165 Å². The summed E-state index contributed by atoms with van der Waals surface area (Å²) in [5.74, 6) is -18.1. The molecule has 1 aromatic rings. The van der Waals surface area contributed by atoms with Crippen LogP contribution in [0.3, 0.4) is 0 Å². The van der Waals surface area contributed by atoms with Crippen LogP contribution in [0, 0.1) is 0 Å². The molecule has 566 valence electrons. The van der Waals surface area contributed by atoms with Crippen molar-refractivity contribution in [1.82, 2.24) is 62.1 Å². The highest BCUT2D eigenvalue weighted by molar-refractivity contribution is 6.90. The number of carboxylic acid groups (broad SMARTS) is 9. The van der Waals surface area contributed by atoms with Crippen molar-refractivity contribution in [1.29, 1.82) is 0 Å². The lowest BCUT2D eigenvalue weighted by Gasteiger charge is -2.44. The Morgan fingerprint density at radius 1 is 0.426 bits per heavy atom. The third kappa shape index (κ3) is 32.6. The highest BCUT2D eigenvalue weighted by Gasteiger charge is 2.56. The Hall–Kier alpha value is -9.47. The molecule has 1 aliphatic heterocycles. The van der Waals surface area contributed by atoms with Gasteiger partial charge in [-0.1, -0.05) is 53.7 Å². The fourth-order valence-electron chi connectivity index (χ4n) is 11.2. The lowest BCUT2D eigenvalue weighted by atomic mass is 10.1. The highest BCUT2D eigenvalue weighted by Crippen LogP contribution is 2.51. The van der Waals surface area contributed by atoms with E-state index in [1.54, 1.807) is 41.5 Å². The average molecular weight is 1460 g/mol. The standard InChI is InChI=1S/C62H97FN12O25Si/c1-61(2,3)101(63,62(4,5)6)38-14-12-37(13-15-38)53(88)66-33-43(68-48(79)32-44(59(98)99)75-30-28-73(35-51(84)85)26-24-72(34-50(82)83)25-27-74(29-31-75)36-52(86)87)54(89)69-40(56(92)93)10-7-8-22-64-45(76)19-20-46(77)65-23-9-11-39(55(90)91)67-47(78)18-16-41(57(94)95)70-60(100)71-42(58(96)97)17-21-49(80)81/h12-15,39-44H,7-11,16-36H2,1-6H3,(H,64,76)(H,65,77)(H,66,88)(H,67,78)(H,68,79)(H,69,89)(H,80,81)(H,82,83)(H,84,85)(H,86,87)(H,90,91)(H,92,93)(H,94,95)(H,96,97)(H,98,99)(H2,70,71,100)/t39-,40-,41+,42+,43?,44?/m1/s1. The summed E-state index contributed by atoms with van der Waals surface area (Å²) in [6.45, 7) is 7.73. The third-order valence-corrected chi connectivity index (χ3v) is 21.6. The lowest BCUT2D eigenvalue weighted by molar-refractivity contribution is -0.147. The zero-order chi connectivity index (χ0) is 76.5.